The third-order valence-electron chi connectivity index (χ3n) is 3.89. The second-order valence-corrected chi connectivity index (χ2v) is 5.97. The first-order valence-electron chi connectivity index (χ1n) is 7.65. The zero-order chi connectivity index (χ0) is 17.3. The van der Waals surface area contributed by atoms with E-state index in [1.807, 2.05) is 26.4 Å². The maximum atomic E-state index is 13.4. The fourth-order valence-electron chi connectivity index (χ4n) is 2.74. The molecule has 0 radical (unpaired) electrons. The summed E-state index contributed by atoms with van der Waals surface area (Å²) in [7, 11) is 1.83. The first-order chi connectivity index (χ1) is 11.5. The SMILES string of the molecule is CCn1cc(Cc2cn(C)nc2-c2ccc(F)cc2CO)c(Cl)n1. The molecule has 0 amide bonds. The normalized spacial score (nSPS) is 11.2. The van der Waals surface area contributed by atoms with E-state index in [-0.39, 0.29) is 12.4 Å². The monoisotopic (exact) mass is 348 g/mol. The zero-order valence-corrected chi connectivity index (χ0v) is 14.3. The van der Waals surface area contributed by atoms with Gasteiger partial charge in [0.1, 0.15) is 5.82 Å². The highest BCUT2D eigenvalue weighted by atomic mass is 35.5. The molecule has 2 heterocycles. The number of aliphatic hydroxyl groups excluding tert-OH is 1. The Morgan fingerprint density at radius 3 is 2.62 bits per heavy atom. The molecule has 126 valence electrons. The fraction of sp³-hybridized carbons (Fsp3) is 0.294. The smallest absolute Gasteiger partial charge is 0.154 e. The summed E-state index contributed by atoms with van der Waals surface area (Å²) < 4.78 is 16.9. The standard InChI is InChI=1S/C17H18ClFN4O/c1-3-23-9-12(17(18)21-23)6-11-8-22(2)20-16(11)15-5-4-14(19)7-13(15)10-24/h4-5,7-9,24H,3,6,10H2,1-2H3. The number of benzene rings is 1. The molecule has 1 N–H and O–H groups in total. The molecule has 3 aromatic rings. The molecule has 2 aromatic heterocycles. The molecule has 3 rings (SSSR count). The van der Waals surface area contributed by atoms with Crippen molar-refractivity contribution in [2.75, 3.05) is 0 Å². The van der Waals surface area contributed by atoms with Gasteiger partial charge < -0.3 is 5.11 Å². The van der Waals surface area contributed by atoms with Crippen molar-refractivity contribution in [1.82, 2.24) is 19.6 Å². The Hall–Kier alpha value is -2.18. The highest BCUT2D eigenvalue weighted by Gasteiger charge is 2.17. The Bertz CT molecular complexity index is 872. The molecule has 0 unspecified atom stereocenters. The lowest BCUT2D eigenvalue weighted by Crippen LogP contribution is -1.96. The molecule has 0 atom stereocenters. The van der Waals surface area contributed by atoms with E-state index < -0.39 is 0 Å². The third kappa shape index (κ3) is 3.20. The number of nitrogens with zero attached hydrogens (tertiary/aromatic N) is 4. The number of hydrogen-bond acceptors (Lipinski definition) is 3. The molecule has 1 aromatic carbocycles. The van der Waals surface area contributed by atoms with Gasteiger partial charge in [-0.25, -0.2) is 4.39 Å². The quantitative estimate of drug-likeness (QED) is 0.770. The first kappa shape index (κ1) is 16.7. The summed E-state index contributed by atoms with van der Waals surface area (Å²) in [5.41, 5.74) is 3.78. The molecule has 5 nitrogen and oxygen atoms in total. The Labute approximate surface area is 144 Å². The third-order valence-corrected chi connectivity index (χ3v) is 4.21. The van der Waals surface area contributed by atoms with Crippen LogP contribution in [0.4, 0.5) is 4.39 Å². The van der Waals surface area contributed by atoms with Crippen molar-refractivity contribution in [3.8, 4) is 11.3 Å². The van der Waals surface area contributed by atoms with Crippen molar-refractivity contribution < 1.29 is 9.50 Å². The van der Waals surface area contributed by atoms with Crippen molar-refractivity contribution in [1.29, 1.82) is 0 Å². The van der Waals surface area contributed by atoms with Crippen molar-refractivity contribution in [2.24, 2.45) is 7.05 Å². The highest BCUT2D eigenvalue weighted by molar-refractivity contribution is 6.30. The van der Waals surface area contributed by atoms with E-state index in [1.165, 1.54) is 12.1 Å². The van der Waals surface area contributed by atoms with Gasteiger partial charge in [-0.15, -0.1) is 0 Å². The van der Waals surface area contributed by atoms with Crippen molar-refractivity contribution in [3.05, 3.63) is 58.3 Å². The number of aliphatic hydroxyl groups is 1. The van der Waals surface area contributed by atoms with Crippen LogP contribution in [0.5, 0.6) is 0 Å². The van der Waals surface area contributed by atoms with Crippen LogP contribution >= 0.6 is 11.6 Å². The van der Waals surface area contributed by atoms with Gasteiger partial charge in [0, 0.05) is 49.1 Å². The lowest BCUT2D eigenvalue weighted by Gasteiger charge is -2.07. The molecule has 24 heavy (non-hydrogen) atoms. The van der Waals surface area contributed by atoms with Crippen LogP contribution in [0.25, 0.3) is 11.3 Å². The molecule has 0 saturated carbocycles. The molecule has 0 aliphatic carbocycles. The second kappa shape index (κ2) is 6.75. The molecule has 0 aliphatic heterocycles. The zero-order valence-electron chi connectivity index (χ0n) is 13.5. The average molecular weight is 349 g/mol. The minimum Gasteiger partial charge on any atom is -0.392 e. The van der Waals surface area contributed by atoms with E-state index in [4.69, 9.17) is 11.6 Å². The lowest BCUT2D eigenvalue weighted by molar-refractivity contribution is 0.281. The van der Waals surface area contributed by atoms with Crippen LogP contribution in [-0.2, 0) is 26.6 Å². The first-order valence-corrected chi connectivity index (χ1v) is 8.03. The van der Waals surface area contributed by atoms with E-state index in [1.54, 1.807) is 15.4 Å². The molecular formula is C17H18ClFN4O. The van der Waals surface area contributed by atoms with Gasteiger partial charge >= 0.3 is 0 Å². The summed E-state index contributed by atoms with van der Waals surface area (Å²) in [6, 6.07) is 4.34. The fourth-order valence-corrected chi connectivity index (χ4v) is 2.96. The van der Waals surface area contributed by atoms with Gasteiger partial charge in [-0.05, 0) is 30.7 Å². The average Bonchev–Trinajstić information content (AvgIpc) is 3.10. The molecule has 0 fully saturated rings. The second-order valence-electron chi connectivity index (χ2n) is 5.61. The van der Waals surface area contributed by atoms with Crippen LogP contribution < -0.4 is 0 Å². The molecular weight excluding hydrogens is 331 g/mol. The van der Waals surface area contributed by atoms with Gasteiger partial charge in [0.05, 0.1) is 12.3 Å². The van der Waals surface area contributed by atoms with Gasteiger partial charge in [-0.3, -0.25) is 9.36 Å². The van der Waals surface area contributed by atoms with E-state index in [9.17, 15) is 9.50 Å². The lowest BCUT2D eigenvalue weighted by atomic mass is 9.99. The Balaban J connectivity index is 2.03. The minimum atomic E-state index is -0.382. The molecule has 7 heteroatoms. The van der Waals surface area contributed by atoms with E-state index in [0.717, 1.165) is 17.7 Å². The van der Waals surface area contributed by atoms with Crippen LogP contribution in [0, 0.1) is 5.82 Å². The van der Waals surface area contributed by atoms with E-state index in [2.05, 4.69) is 10.2 Å². The maximum absolute atomic E-state index is 13.4. The van der Waals surface area contributed by atoms with Crippen LogP contribution in [0.3, 0.4) is 0 Å². The predicted octanol–water partition coefficient (Wildman–Crippen LogP) is 3.18. The molecule has 0 aliphatic rings. The molecule has 0 saturated heterocycles. The highest BCUT2D eigenvalue weighted by Crippen LogP contribution is 2.29. The summed E-state index contributed by atoms with van der Waals surface area (Å²) in [5, 5.41) is 18.7. The van der Waals surface area contributed by atoms with Crippen LogP contribution in [0.1, 0.15) is 23.6 Å². The van der Waals surface area contributed by atoms with Gasteiger partial charge in [0.15, 0.2) is 5.15 Å². The summed E-state index contributed by atoms with van der Waals surface area (Å²) in [6.45, 7) is 2.48. The molecule has 0 bridgehead atoms. The number of aromatic nitrogens is 4. The van der Waals surface area contributed by atoms with Crippen LogP contribution in [0.15, 0.2) is 30.6 Å². The summed E-state index contributed by atoms with van der Waals surface area (Å²) in [6.07, 6.45) is 4.38. The van der Waals surface area contributed by atoms with Crippen molar-refractivity contribution in [2.45, 2.75) is 26.5 Å². The number of rotatable bonds is 5. The largest absolute Gasteiger partial charge is 0.392 e. The summed E-state index contributed by atoms with van der Waals surface area (Å²) in [4.78, 5) is 0. The number of hydrogen-bond donors (Lipinski definition) is 1. The Kier molecular flexibility index (Phi) is 4.69. The molecule has 0 spiro atoms. The van der Waals surface area contributed by atoms with Gasteiger partial charge in [-0.1, -0.05) is 11.6 Å². The van der Waals surface area contributed by atoms with Crippen LogP contribution in [-0.4, -0.2) is 24.7 Å². The maximum Gasteiger partial charge on any atom is 0.154 e. The minimum absolute atomic E-state index is 0.252. The van der Waals surface area contributed by atoms with Crippen LogP contribution in [0.2, 0.25) is 5.15 Å². The predicted molar refractivity (Wildman–Crippen MR) is 90.2 cm³/mol. The summed E-state index contributed by atoms with van der Waals surface area (Å²) >= 11 is 6.21. The number of aryl methyl sites for hydroxylation is 2. The summed E-state index contributed by atoms with van der Waals surface area (Å²) in [5.74, 6) is -0.382. The van der Waals surface area contributed by atoms with Gasteiger partial charge in [0.25, 0.3) is 0 Å². The Morgan fingerprint density at radius 1 is 1.17 bits per heavy atom. The number of halogens is 2. The van der Waals surface area contributed by atoms with Crippen molar-refractivity contribution >= 4 is 11.6 Å². The van der Waals surface area contributed by atoms with Gasteiger partial charge in [0.2, 0.25) is 0 Å². The van der Waals surface area contributed by atoms with Gasteiger partial charge in [-0.2, -0.15) is 10.2 Å². The van der Waals surface area contributed by atoms with E-state index in [0.29, 0.717) is 28.4 Å². The topological polar surface area (TPSA) is 55.9 Å². The Morgan fingerprint density at radius 2 is 1.96 bits per heavy atom. The van der Waals surface area contributed by atoms with Crippen molar-refractivity contribution in [3.63, 3.8) is 0 Å². The van der Waals surface area contributed by atoms with E-state index >= 15 is 0 Å².